The van der Waals surface area contributed by atoms with Crippen LogP contribution in [0.2, 0.25) is 19.6 Å². The maximum absolute atomic E-state index is 14.1. The normalized spacial score (nSPS) is 11.8. The fraction of sp³-hybridized carbons (Fsp3) is 0.267. The Labute approximate surface area is 326 Å². The molecule has 4 nitrogen and oxygen atoms in total. The van der Waals surface area contributed by atoms with Gasteiger partial charge in [0.1, 0.15) is 11.6 Å². The second-order valence-corrected chi connectivity index (χ2v) is 20.9. The summed E-state index contributed by atoms with van der Waals surface area (Å²) in [6, 6.07) is 30.9. The zero-order valence-corrected chi connectivity index (χ0v) is 35.2. The van der Waals surface area contributed by atoms with Crippen LogP contribution >= 0.6 is 0 Å². The fourth-order valence-corrected chi connectivity index (χ4v) is 7.87. The van der Waals surface area contributed by atoms with Gasteiger partial charge in [0, 0.05) is 49.0 Å². The van der Waals surface area contributed by atoms with E-state index < -0.39 is 19.7 Å². The Morgan fingerprint density at radius 3 is 2.19 bits per heavy atom. The molecule has 0 aliphatic carbocycles. The molecule has 0 aliphatic heterocycles. The van der Waals surface area contributed by atoms with Gasteiger partial charge < -0.3 is 14.4 Å². The van der Waals surface area contributed by atoms with Gasteiger partial charge in [0.05, 0.1) is 19.4 Å². The van der Waals surface area contributed by atoms with Crippen molar-refractivity contribution in [3.63, 3.8) is 0 Å². The maximum atomic E-state index is 14.1. The third kappa shape index (κ3) is 8.89. The molecule has 3 aromatic carbocycles. The molecule has 4 aromatic heterocycles. The molecule has 0 N–H and O–H groups in total. The zero-order valence-electron chi connectivity index (χ0n) is 31.8. The predicted molar refractivity (Wildman–Crippen MR) is 212 cm³/mol. The summed E-state index contributed by atoms with van der Waals surface area (Å²) in [5.41, 5.74) is 8.08. The molecule has 8 heteroatoms. The minimum atomic E-state index is -1.34. The summed E-state index contributed by atoms with van der Waals surface area (Å²) in [6.07, 6.45) is 5.03. The Hall–Kier alpha value is -4.36. The fourth-order valence-electron chi connectivity index (χ4n) is 6.28. The van der Waals surface area contributed by atoms with E-state index in [4.69, 9.17) is 4.42 Å². The SMILES string of the molecule is CC(C)Cc1cc(-c2[c-]cccc2)ncc1[Si](C)(C)C.Cc1c(F)cc(-c2ccc3c(n2)oc2c(-c4cc(C(C)(C)C)ccn4)[c-]ccc23)cc1F.[Ir]. The molecule has 0 bridgehead atoms. The van der Waals surface area contributed by atoms with E-state index in [-0.39, 0.29) is 31.1 Å². The number of pyridine rings is 3. The molecule has 7 rings (SSSR count). The van der Waals surface area contributed by atoms with Crippen LogP contribution in [-0.2, 0) is 31.9 Å². The summed E-state index contributed by atoms with van der Waals surface area (Å²) in [7, 11) is -1.34. The van der Waals surface area contributed by atoms with Gasteiger partial charge in [-0.3, -0.25) is 0 Å². The van der Waals surface area contributed by atoms with Gasteiger partial charge in [0.2, 0.25) is 5.71 Å². The van der Waals surface area contributed by atoms with Gasteiger partial charge in [-0.25, -0.2) is 13.8 Å². The Balaban J connectivity index is 0.000000223. The monoisotopic (exact) mass is 902 g/mol. The maximum Gasteiger partial charge on any atom is 0.216 e. The Morgan fingerprint density at radius 2 is 1.55 bits per heavy atom. The molecule has 0 spiro atoms. The van der Waals surface area contributed by atoms with Crippen LogP contribution in [0.5, 0.6) is 0 Å². The number of hydrogen-bond donors (Lipinski definition) is 0. The number of hydrogen-bond acceptors (Lipinski definition) is 4. The predicted octanol–water partition coefficient (Wildman–Crippen LogP) is 11.7. The molecule has 0 fully saturated rings. The van der Waals surface area contributed by atoms with E-state index in [0.717, 1.165) is 45.3 Å². The quantitative estimate of drug-likeness (QED) is 0.123. The van der Waals surface area contributed by atoms with E-state index in [1.54, 1.807) is 12.3 Å². The van der Waals surface area contributed by atoms with Crippen LogP contribution in [0.1, 0.15) is 51.3 Å². The first-order chi connectivity index (χ1) is 24.6. The molecule has 0 saturated heterocycles. The average molecular weight is 902 g/mol. The third-order valence-electron chi connectivity index (χ3n) is 9.17. The smallest absolute Gasteiger partial charge is 0.216 e. The number of rotatable bonds is 6. The number of aromatic nitrogens is 3. The van der Waals surface area contributed by atoms with E-state index in [2.05, 4.69) is 106 Å². The van der Waals surface area contributed by atoms with E-state index >= 15 is 0 Å². The van der Waals surface area contributed by atoms with Crippen molar-refractivity contribution in [2.45, 2.75) is 73.0 Å². The molecule has 0 atom stereocenters. The number of benzene rings is 3. The topological polar surface area (TPSA) is 51.8 Å². The zero-order chi connectivity index (χ0) is 37.4. The van der Waals surface area contributed by atoms with Crippen LogP contribution in [0.25, 0.3) is 55.8 Å². The first-order valence-corrected chi connectivity index (χ1v) is 21.2. The second kappa shape index (κ2) is 15.9. The van der Waals surface area contributed by atoms with Crippen LogP contribution in [0, 0.1) is 36.6 Å². The summed E-state index contributed by atoms with van der Waals surface area (Å²) >= 11 is 0. The summed E-state index contributed by atoms with van der Waals surface area (Å²) in [5, 5.41) is 3.20. The van der Waals surface area contributed by atoms with E-state index in [1.807, 2.05) is 42.5 Å². The Kier molecular flexibility index (Phi) is 12.0. The van der Waals surface area contributed by atoms with Crippen molar-refractivity contribution < 1.29 is 33.3 Å². The largest absolute Gasteiger partial charge is 0.486 e. The molecule has 7 aromatic rings. The van der Waals surface area contributed by atoms with Crippen molar-refractivity contribution in [2.24, 2.45) is 5.92 Å². The molecule has 53 heavy (non-hydrogen) atoms. The van der Waals surface area contributed by atoms with Crippen molar-refractivity contribution in [1.29, 1.82) is 0 Å². The van der Waals surface area contributed by atoms with Gasteiger partial charge in [0.25, 0.3) is 0 Å². The van der Waals surface area contributed by atoms with Crippen molar-refractivity contribution in [2.75, 3.05) is 0 Å². The minimum absolute atomic E-state index is 0. The molecule has 0 amide bonds. The van der Waals surface area contributed by atoms with Gasteiger partial charge >= 0.3 is 0 Å². The number of furan rings is 1. The Bertz CT molecular complexity index is 2350. The third-order valence-corrected chi connectivity index (χ3v) is 11.2. The molecular weight excluding hydrogens is 857 g/mol. The van der Waals surface area contributed by atoms with Crippen molar-refractivity contribution >= 4 is 35.3 Å². The molecule has 275 valence electrons. The molecule has 0 saturated carbocycles. The van der Waals surface area contributed by atoms with E-state index in [0.29, 0.717) is 28.5 Å². The molecular formula is C45H45F2IrN3OSi-2. The van der Waals surface area contributed by atoms with E-state index in [9.17, 15) is 8.78 Å². The summed E-state index contributed by atoms with van der Waals surface area (Å²) in [6.45, 7) is 19.6. The molecule has 0 aliphatic rings. The first-order valence-electron chi connectivity index (χ1n) is 17.7. The molecule has 1 radical (unpaired) electrons. The standard InChI is InChI=1S/C27H21F2N2O.C18H24NSi.Ir/c1-15-21(28)12-16(13-22(15)29)23-9-8-19-18-6-5-7-20(25(18)32-26(19)31-23)24-14-17(10-11-30-24)27(2,3)4;1-14(2)11-16-12-17(15-9-7-6-8-10-15)19-13-18(16)20(3,4)5;/h5-6,8-14H,1-4H3;6-9,12-14H,11H2,1-5H3;/q2*-1;. The van der Waals surface area contributed by atoms with Crippen LogP contribution in [0.15, 0.2) is 95.7 Å². The van der Waals surface area contributed by atoms with Crippen LogP contribution in [0.3, 0.4) is 0 Å². The first kappa shape index (κ1) is 39.8. The van der Waals surface area contributed by atoms with Crippen molar-refractivity contribution in [3.8, 4) is 33.8 Å². The van der Waals surface area contributed by atoms with Gasteiger partial charge in [0.15, 0.2) is 0 Å². The number of fused-ring (bicyclic) bond motifs is 3. The average Bonchev–Trinajstić information content (AvgIpc) is 3.48. The van der Waals surface area contributed by atoms with Gasteiger partial charge in [-0.05, 0) is 77.1 Å². The van der Waals surface area contributed by atoms with Crippen LogP contribution in [-0.4, -0.2) is 23.0 Å². The summed E-state index contributed by atoms with van der Waals surface area (Å²) in [5.74, 6) is -0.540. The van der Waals surface area contributed by atoms with Gasteiger partial charge in [-0.15, -0.1) is 54.1 Å². The van der Waals surface area contributed by atoms with E-state index in [1.165, 1.54) is 29.8 Å². The van der Waals surface area contributed by atoms with Crippen LogP contribution in [0.4, 0.5) is 8.78 Å². The summed E-state index contributed by atoms with van der Waals surface area (Å²) in [4.78, 5) is 13.8. The molecule has 0 unspecified atom stereocenters. The second-order valence-electron chi connectivity index (χ2n) is 15.8. The van der Waals surface area contributed by atoms with Gasteiger partial charge in [-0.2, -0.15) is 0 Å². The molecule has 4 heterocycles. The Morgan fingerprint density at radius 1 is 0.811 bits per heavy atom. The van der Waals surface area contributed by atoms with Crippen molar-refractivity contribution in [1.82, 2.24) is 15.0 Å². The minimum Gasteiger partial charge on any atom is -0.486 e. The number of halogens is 2. The number of nitrogens with zero attached hydrogens (tertiary/aromatic N) is 3. The van der Waals surface area contributed by atoms with Crippen molar-refractivity contribution in [3.05, 3.63) is 132 Å². The van der Waals surface area contributed by atoms with Crippen LogP contribution < -0.4 is 5.19 Å². The summed E-state index contributed by atoms with van der Waals surface area (Å²) < 4.78 is 34.3. The van der Waals surface area contributed by atoms with Gasteiger partial charge in [-0.1, -0.05) is 82.9 Å².